The Balaban J connectivity index is 1.85. The van der Waals surface area contributed by atoms with Gasteiger partial charge in [-0.05, 0) is 43.3 Å². The summed E-state index contributed by atoms with van der Waals surface area (Å²) >= 11 is 6.21. The van der Waals surface area contributed by atoms with Crippen molar-refractivity contribution in [3.63, 3.8) is 0 Å². The standard InChI is InChI=1S/C21H20ClN3O/c1-13-2-5-15(6-3-13)24-16-11-18-17-10-14(22)4-7-19(17)25-21(18)20(12-16)26-9-8-23/h2-7,10-12,24-25H,8-9,23H2,1H3. The lowest BCUT2D eigenvalue weighted by atomic mass is 10.1. The number of ether oxygens (including phenoxy) is 1. The van der Waals surface area contributed by atoms with Crippen molar-refractivity contribution in [2.24, 2.45) is 5.73 Å². The highest BCUT2D eigenvalue weighted by Gasteiger charge is 2.12. The number of nitrogens with one attached hydrogen (secondary N) is 2. The molecule has 0 aliphatic carbocycles. The third kappa shape index (κ3) is 3.21. The van der Waals surface area contributed by atoms with E-state index in [0.717, 1.165) is 38.9 Å². The molecule has 4 N–H and O–H groups in total. The highest BCUT2D eigenvalue weighted by molar-refractivity contribution is 6.32. The Morgan fingerprint density at radius 2 is 1.81 bits per heavy atom. The number of hydrogen-bond acceptors (Lipinski definition) is 3. The van der Waals surface area contributed by atoms with Gasteiger partial charge in [0.15, 0.2) is 0 Å². The van der Waals surface area contributed by atoms with Gasteiger partial charge in [-0.2, -0.15) is 0 Å². The smallest absolute Gasteiger partial charge is 0.145 e. The fraction of sp³-hybridized carbons (Fsp3) is 0.143. The maximum Gasteiger partial charge on any atom is 0.145 e. The first-order valence-electron chi connectivity index (χ1n) is 8.55. The van der Waals surface area contributed by atoms with Gasteiger partial charge in [0.1, 0.15) is 12.4 Å². The van der Waals surface area contributed by atoms with Crippen LogP contribution in [0.25, 0.3) is 21.8 Å². The number of fused-ring (bicyclic) bond motifs is 3. The second-order valence-electron chi connectivity index (χ2n) is 6.34. The Bertz CT molecular complexity index is 1070. The van der Waals surface area contributed by atoms with Gasteiger partial charge < -0.3 is 20.8 Å². The van der Waals surface area contributed by atoms with Crippen molar-refractivity contribution in [3.05, 3.63) is 65.2 Å². The molecule has 0 amide bonds. The van der Waals surface area contributed by atoms with E-state index in [1.165, 1.54) is 5.56 Å². The molecule has 1 heterocycles. The summed E-state index contributed by atoms with van der Waals surface area (Å²) < 4.78 is 5.90. The Kier molecular flexibility index (Phi) is 4.45. The number of nitrogens with two attached hydrogens (primary N) is 1. The van der Waals surface area contributed by atoms with Crippen molar-refractivity contribution in [1.82, 2.24) is 4.98 Å². The zero-order chi connectivity index (χ0) is 18.1. The first kappa shape index (κ1) is 16.8. The molecular weight excluding hydrogens is 346 g/mol. The topological polar surface area (TPSA) is 63.1 Å². The van der Waals surface area contributed by atoms with Crippen molar-refractivity contribution in [3.8, 4) is 5.75 Å². The van der Waals surface area contributed by atoms with Crippen LogP contribution in [0, 0.1) is 6.92 Å². The Morgan fingerprint density at radius 3 is 2.58 bits per heavy atom. The Labute approximate surface area is 156 Å². The molecule has 3 aromatic carbocycles. The average molecular weight is 366 g/mol. The minimum atomic E-state index is 0.458. The van der Waals surface area contributed by atoms with Crippen LogP contribution in [0.1, 0.15) is 5.56 Å². The van der Waals surface area contributed by atoms with Crippen molar-refractivity contribution >= 4 is 44.8 Å². The number of H-pyrrole nitrogens is 1. The van der Waals surface area contributed by atoms with E-state index in [2.05, 4.69) is 47.6 Å². The first-order valence-corrected chi connectivity index (χ1v) is 8.93. The number of halogens is 1. The molecule has 0 aliphatic heterocycles. The quantitative estimate of drug-likeness (QED) is 0.446. The molecule has 1 aromatic heterocycles. The summed E-state index contributed by atoms with van der Waals surface area (Å²) in [6, 6.07) is 18.2. The summed E-state index contributed by atoms with van der Waals surface area (Å²) in [5.74, 6) is 0.773. The maximum atomic E-state index is 6.21. The van der Waals surface area contributed by atoms with Crippen LogP contribution in [0.2, 0.25) is 5.02 Å². The molecule has 0 spiro atoms. The maximum absolute atomic E-state index is 6.21. The number of aryl methyl sites for hydroxylation is 1. The normalized spacial score (nSPS) is 11.2. The lowest BCUT2D eigenvalue weighted by molar-refractivity contribution is 0.332. The largest absolute Gasteiger partial charge is 0.490 e. The van der Waals surface area contributed by atoms with Gasteiger partial charge in [0, 0.05) is 45.3 Å². The van der Waals surface area contributed by atoms with Crippen LogP contribution in [0.15, 0.2) is 54.6 Å². The molecule has 5 heteroatoms. The second-order valence-corrected chi connectivity index (χ2v) is 6.78. The third-order valence-electron chi connectivity index (χ3n) is 4.35. The summed E-state index contributed by atoms with van der Waals surface area (Å²) in [6.45, 7) is 2.99. The van der Waals surface area contributed by atoms with E-state index in [-0.39, 0.29) is 0 Å². The van der Waals surface area contributed by atoms with Gasteiger partial charge in [0.25, 0.3) is 0 Å². The van der Waals surface area contributed by atoms with E-state index < -0.39 is 0 Å². The first-order chi connectivity index (χ1) is 12.6. The van der Waals surface area contributed by atoms with Crippen LogP contribution in [0.5, 0.6) is 5.75 Å². The number of aromatic nitrogens is 1. The van der Waals surface area contributed by atoms with Crippen LogP contribution in [0.3, 0.4) is 0 Å². The molecule has 0 atom stereocenters. The number of hydrogen-bond donors (Lipinski definition) is 3. The van der Waals surface area contributed by atoms with E-state index in [9.17, 15) is 0 Å². The van der Waals surface area contributed by atoms with Gasteiger partial charge in [-0.25, -0.2) is 0 Å². The van der Waals surface area contributed by atoms with Gasteiger partial charge in [0.2, 0.25) is 0 Å². The molecule has 0 saturated heterocycles. The van der Waals surface area contributed by atoms with E-state index in [1.807, 2.05) is 24.3 Å². The van der Waals surface area contributed by atoms with Crippen LogP contribution < -0.4 is 15.8 Å². The molecule has 0 saturated carbocycles. The molecule has 132 valence electrons. The van der Waals surface area contributed by atoms with Crippen LogP contribution in [-0.2, 0) is 0 Å². The van der Waals surface area contributed by atoms with E-state index >= 15 is 0 Å². The minimum absolute atomic E-state index is 0.458. The predicted octanol–water partition coefficient (Wildman–Crippen LogP) is 5.36. The van der Waals surface area contributed by atoms with Gasteiger partial charge >= 0.3 is 0 Å². The molecular formula is C21H20ClN3O. The molecule has 0 fully saturated rings. The molecule has 0 unspecified atom stereocenters. The summed E-state index contributed by atoms with van der Waals surface area (Å²) in [6.07, 6.45) is 0. The number of anilines is 2. The zero-order valence-electron chi connectivity index (χ0n) is 14.5. The van der Waals surface area contributed by atoms with Crippen LogP contribution in [-0.4, -0.2) is 18.1 Å². The molecule has 4 nitrogen and oxygen atoms in total. The average Bonchev–Trinajstić information content (AvgIpc) is 3.00. The van der Waals surface area contributed by atoms with E-state index in [0.29, 0.717) is 18.2 Å². The minimum Gasteiger partial charge on any atom is -0.490 e. The fourth-order valence-corrected chi connectivity index (χ4v) is 3.27. The van der Waals surface area contributed by atoms with Gasteiger partial charge in [-0.3, -0.25) is 0 Å². The zero-order valence-corrected chi connectivity index (χ0v) is 15.2. The van der Waals surface area contributed by atoms with Crippen molar-refractivity contribution in [1.29, 1.82) is 0 Å². The van der Waals surface area contributed by atoms with E-state index in [4.69, 9.17) is 22.1 Å². The number of benzene rings is 3. The summed E-state index contributed by atoms with van der Waals surface area (Å²) in [5.41, 5.74) is 10.8. The lowest BCUT2D eigenvalue weighted by Crippen LogP contribution is -2.10. The second kappa shape index (κ2) is 6.90. The lowest BCUT2D eigenvalue weighted by Gasteiger charge is -2.11. The fourth-order valence-electron chi connectivity index (χ4n) is 3.10. The van der Waals surface area contributed by atoms with Gasteiger partial charge in [0.05, 0.1) is 5.52 Å². The predicted molar refractivity (Wildman–Crippen MR) is 110 cm³/mol. The SMILES string of the molecule is Cc1ccc(Nc2cc(OCCN)c3[nH]c4ccc(Cl)cc4c3c2)cc1. The highest BCUT2D eigenvalue weighted by Crippen LogP contribution is 2.36. The highest BCUT2D eigenvalue weighted by atomic mass is 35.5. The summed E-state index contributed by atoms with van der Waals surface area (Å²) in [5, 5.41) is 6.29. The van der Waals surface area contributed by atoms with Crippen molar-refractivity contribution in [2.45, 2.75) is 6.92 Å². The molecule has 4 rings (SSSR count). The molecule has 0 bridgehead atoms. The van der Waals surface area contributed by atoms with Gasteiger partial charge in [-0.15, -0.1) is 0 Å². The Morgan fingerprint density at radius 1 is 1.00 bits per heavy atom. The monoisotopic (exact) mass is 365 g/mol. The Hall–Kier alpha value is -2.69. The molecule has 0 aliphatic rings. The molecule has 4 aromatic rings. The third-order valence-corrected chi connectivity index (χ3v) is 4.58. The van der Waals surface area contributed by atoms with Crippen LogP contribution in [0.4, 0.5) is 11.4 Å². The summed E-state index contributed by atoms with van der Waals surface area (Å²) in [4.78, 5) is 3.43. The number of rotatable bonds is 5. The number of aromatic amines is 1. The van der Waals surface area contributed by atoms with Crippen molar-refractivity contribution < 1.29 is 4.74 Å². The summed E-state index contributed by atoms with van der Waals surface area (Å²) in [7, 11) is 0. The van der Waals surface area contributed by atoms with Crippen molar-refractivity contribution in [2.75, 3.05) is 18.5 Å². The molecule has 0 radical (unpaired) electrons. The van der Waals surface area contributed by atoms with Gasteiger partial charge in [-0.1, -0.05) is 29.3 Å². The molecule has 26 heavy (non-hydrogen) atoms. The van der Waals surface area contributed by atoms with Crippen LogP contribution >= 0.6 is 11.6 Å². The van der Waals surface area contributed by atoms with E-state index in [1.54, 1.807) is 0 Å².